The van der Waals surface area contributed by atoms with E-state index in [1.165, 1.54) is 0 Å². The molecule has 114 valence electrons. The Labute approximate surface area is 127 Å². The number of H-pyrrole nitrogens is 3. The number of nitrogens with one attached hydrogen (secondary N) is 3. The molecule has 9 nitrogen and oxygen atoms in total. The van der Waals surface area contributed by atoms with Crippen molar-refractivity contribution in [2.24, 2.45) is 0 Å². The van der Waals surface area contributed by atoms with Gasteiger partial charge in [0, 0.05) is 0 Å². The van der Waals surface area contributed by atoms with Crippen molar-refractivity contribution in [3.8, 4) is 0 Å². The number of rotatable bonds is 0. The molecule has 0 unspecified atom stereocenters. The molecule has 0 aliphatic carbocycles. The maximum atomic E-state index is 8.42. The van der Waals surface area contributed by atoms with E-state index in [-0.39, 0.29) is 0 Å². The second-order valence-electron chi connectivity index (χ2n) is 3.13. The lowest BCUT2D eigenvalue weighted by molar-refractivity contribution is -0.479. The second kappa shape index (κ2) is 16.2. The van der Waals surface area contributed by atoms with Crippen molar-refractivity contribution in [2.45, 2.75) is 0 Å². The van der Waals surface area contributed by atoms with Crippen molar-refractivity contribution >= 4 is 7.32 Å². The molecule has 3 N–H and O–H groups in total. The summed E-state index contributed by atoms with van der Waals surface area (Å²) in [7, 11) is -2.92. The maximum absolute atomic E-state index is 8.42. The first-order valence-corrected chi connectivity index (χ1v) is 5.99. The van der Waals surface area contributed by atoms with Crippen LogP contribution in [0.5, 0.6) is 0 Å². The van der Waals surface area contributed by atoms with E-state index in [1.54, 1.807) is 74.4 Å². The molecule has 0 bridgehead atoms. The van der Waals surface area contributed by atoms with Crippen molar-refractivity contribution in [3.63, 3.8) is 0 Å². The van der Waals surface area contributed by atoms with E-state index in [4.69, 9.17) is 15.1 Å². The molecule has 0 aliphatic heterocycles. The van der Waals surface area contributed by atoms with Crippen LogP contribution in [0.3, 0.4) is 0 Å². The van der Waals surface area contributed by atoms with Gasteiger partial charge in [-0.25, -0.2) is 15.0 Å². The van der Waals surface area contributed by atoms with Crippen LogP contribution < -0.4 is 30.0 Å². The Kier molecular flexibility index (Phi) is 14.2. The Bertz CT molecular complexity index is 363. The number of nitrogens with zero attached hydrogens (tertiary/aromatic N) is 3. The quantitative estimate of drug-likeness (QED) is 0.383. The van der Waals surface area contributed by atoms with Crippen LogP contribution in [0.2, 0.25) is 0 Å². The largest absolute Gasteiger partial charge is 0.907 e. The van der Waals surface area contributed by atoms with E-state index in [9.17, 15) is 0 Å². The summed E-state index contributed by atoms with van der Waals surface area (Å²) < 4.78 is 0. The number of hydrogen-bond donors (Lipinski definition) is 0. The summed E-state index contributed by atoms with van der Waals surface area (Å²) in [4.78, 5) is 19.8. The number of hydrogen-bond acceptors (Lipinski definition) is 6. The lowest BCUT2D eigenvalue weighted by Crippen LogP contribution is -2.56. The lowest BCUT2D eigenvalue weighted by Gasteiger charge is -2.35. The van der Waals surface area contributed by atoms with Gasteiger partial charge in [-0.3, -0.25) is 22.3 Å². The van der Waals surface area contributed by atoms with Gasteiger partial charge in [-0.05, 0) is 0 Å². The highest BCUT2D eigenvalue weighted by Gasteiger charge is 1.68. The van der Waals surface area contributed by atoms with Gasteiger partial charge in [0.15, 0.2) is 37.2 Å². The van der Waals surface area contributed by atoms with Crippen molar-refractivity contribution < 1.29 is 30.0 Å². The summed E-state index contributed by atoms with van der Waals surface area (Å²) >= 11 is 0. The van der Waals surface area contributed by atoms with Gasteiger partial charge in [-0.2, -0.15) is 0 Å². The standard InChI is InChI=1S/3C4H4N2.BO3/c3*1-2-6-4-3-5-1;2-1(3)4/h3*1-4H;/q;;;-3/p+3. The Morgan fingerprint density at radius 1 is 0.500 bits per heavy atom. The van der Waals surface area contributed by atoms with Gasteiger partial charge >= 0.3 is 0 Å². The van der Waals surface area contributed by atoms with Gasteiger partial charge < -0.3 is 15.1 Å². The molecule has 0 radical (unpaired) electrons. The number of aromatic nitrogens is 6. The van der Waals surface area contributed by atoms with E-state index >= 15 is 0 Å². The first-order chi connectivity index (χ1) is 10.7. The van der Waals surface area contributed by atoms with E-state index in [1.807, 2.05) is 0 Å². The second-order valence-corrected chi connectivity index (χ2v) is 3.13. The normalized spacial score (nSPS) is 7.77. The van der Waals surface area contributed by atoms with Crippen molar-refractivity contribution in [1.82, 2.24) is 15.0 Å². The smallest absolute Gasteiger partial charge is 0.185 e. The molecule has 3 heterocycles. The van der Waals surface area contributed by atoms with Gasteiger partial charge in [0.2, 0.25) is 0 Å². The zero-order valence-corrected chi connectivity index (χ0v) is 11.6. The molecule has 0 spiro atoms. The molecule has 3 aromatic heterocycles. The minimum Gasteiger partial charge on any atom is -0.907 e. The fourth-order valence-electron chi connectivity index (χ4n) is 0.832. The van der Waals surface area contributed by atoms with Crippen molar-refractivity contribution in [1.29, 1.82) is 0 Å². The Morgan fingerprint density at radius 2 is 0.682 bits per heavy atom. The SMILES string of the molecule is [O-]B([O-])[O-].c1c[nH+]ccn1.c1c[nH+]ccn1.c1c[nH+]ccn1. The van der Waals surface area contributed by atoms with Crippen LogP contribution >= 0.6 is 0 Å². The molecule has 0 saturated carbocycles. The monoisotopic (exact) mass is 302 g/mol. The van der Waals surface area contributed by atoms with Crippen LogP contribution in [0.1, 0.15) is 0 Å². The molecule has 3 aromatic rings. The van der Waals surface area contributed by atoms with Crippen LogP contribution in [0, 0.1) is 0 Å². The molecule has 0 atom stereocenters. The molecule has 22 heavy (non-hydrogen) atoms. The van der Waals surface area contributed by atoms with Crippen LogP contribution in [0.25, 0.3) is 0 Å². The zero-order chi connectivity index (χ0) is 16.3. The molecule has 0 fully saturated rings. The summed E-state index contributed by atoms with van der Waals surface area (Å²) in [5, 5.41) is 25.2. The van der Waals surface area contributed by atoms with Gasteiger partial charge in [-0.15, -0.1) is 0 Å². The summed E-state index contributed by atoms with van der Waals surface area (Å²) in [5.74, 6) is 0. The van der Waals surface area contributed by atoms with Crippen molar-refractivity contribution in [3.05, 3.63) is 74.4 Å². The zero-order valence-electron chi connectivity index (χ0n) is 11.6. The average molecular weight is 302 g/mol. The third kappa shape index (κ3) is 19.5. The molecular formula is C12H15BN6O3. The number of aromatic amines is 3. The van der Waals surface area contributed by atoms with Crippen LogP contribution in [0.4, 0.5) is 0 Å². The van der Waals surface area contributed by atoms with Gasteiger partial charge in [0.1, 0.15) is 0 Å². The summed E-state index contributed by atoms with van der Waals surface area (Å²) in [5.41, 5.74) is 0. The van der Waals surface area contributed by atoms with Crippen LogP contribution in [-0.4, -0.2) is 22.3 Å². The molecule has 0 amide bonds. The highest BCUT2D eigenvalue weighted by Crippen LogP contribution is 1.59. The maximum Gasteiger partial charge on any atom is 0.185 e. The van der Waals surface area contributed by atoms with Gasteiger partial charge in [0.05, 0.1) is 37.2 Å². The fourth-order valence-corrected chi connectivity index (χ4v) is 0.832. The summed E-state index contributed by atoms with van der Waals surface area (Å²) in [6, 6.07) is 0. The van der Waals surface area contributed by atoms with E-state index in [2.05, 4.69) is 29.9 Å². The van der Waals surface area contributed by atoms with Crippen LogP contribution in [-0.2, 0) is 0 Å². The average Bonchev–Trinajstić information content (AvgIpc) is 2.60. The molecule has 0 aliphatic rings. The van der Waals surface area contributed by atoms with Crippen molar-refractivity contribution in [2.75, 3.05) is 0 Å². The molecule has 3 rings (SSSR count). The predicted molar refractivity (Wildman–Crippen MR) is 68.1 cm³/mol. The Morgan fingerprint density at radius 3 is 0.727 bits per heavy atom. The minimum atomic E-state index is -2.92. The highest BCUT2D eigenvalue weighted by molar-refractivity contribution is 6.24. The minimum absolute atomic E-state index is 1.69. The third-order valence-electron chi connectivity index (χ3n) is 1.54. The highest BCUT2D eigenvalue weighted by atomic mass is 16.5. The topological polar surface area (TPSA) is 150 Å². The summed E-state index contributed by atoms with van der Waals surface area (Å²) in [6.07, 6.45) is 20.8. The van der Waals surface area contributed by atoms with E-state index in [0.717, 1.165) is 0 Å². The van der Waals surface area contributed by atoms with E-state index < -0.39 is 7.32 Å². The van der Waals surface area contributed by atoms with Crippen LogP contribution in [0.15, 0.2) is 74.4 Å². The third-order valence-corrected chi connectivity index (χ3v) is 1.54. The molecular weight excluding hydrogens is 287 g/mol. The van der Waals surface area contributed by atoms with E-state index in [0.29, 0.717) is 0 Å². The fraction of sp³-hybridized carbons (Fsp3) is 0. The Hall–Kier alpha value is -2.82. The molecule has 0 aromatic carbocycles. The molecule has 0 saturated heterocycles. The lowest BCUT2D eigenvalue weighted by atomic mass is 10.3. The van der Waals surface area contributed by atoms with Gasteiger partial charge in [0.25, 0.3) is 0 Å². The first-order valence-electron chi connectivity index (χ1n) is 5.99. The van der Waals surface area contributed by atoms with Gasteiger partial charge in [-0.1, -0.05) is 0 Å². The summed E-state index contributed by atoms with van der Waals surface area (Å²) in [6.45, 7) is 0. The Balaban J connectivity index is 0.000000271. The predicted octanol–water partition coefficient (Wildman–Crippen LogP) is -4.26. The molecule has 10 heteroatoms. The first kappa shape index (κ1) is 19.2.